The lowest BCUT2D eigenvalue weighted by molar-refractivity contribution is -0.125. The van der Waals surface area contributed by atoms with Gasteiger partial charge in [0.15, 0.2) is 11.2 Å². The molecule has 0 bridgehead atoms. The summed E-state index contributed by atoms with van der Waals surface area (Å²) in [6.45, 7) is 1.62. The third kappa shape index (κ3) is 5.29. The Bertz CT molecular complexity index is 765. The van der Waals surface area contributed by atoms with Crippen molar-refractivity contribution >= 4 is 34.9 Å². The van der Waals surface area contributed by atoms with Crippen LogP contribution in [0.1, 0.15) is 17.3 Å². The van der Waals surface area contributed by atoms with E-state index in [9.17, 15) is 9.59 Å². The maximum atomic E-state index is 12.2. The highest BCUT2D eigenvalue weighted by molar-refractivity contribution is 7.80. The van der Waals surface area contributed by atoms with Gasteiger partial charge >= 0.3 is 5.97 Å². The maximum Gasteiger partial charge on any atom is 0.339 e. The number of esters is 1. The van der Waals surface area contributed by atoms with Crippen molar-refractivity contribution in [1.82, 2.24) is 5.32 Å². The predicted octanol–water partition coefficient (Wildman–Crippen LogP) is 2.75. The van der Waals surface area contributed by atoms with Crippen molar-refractivity contribution in [3.63, 3.8) is 0 Å². The van der Waals surface area contributed by atoms with Gasteiger partial charge in [-0.25, -0.2) is 4.79 Å². The molecule has 0 saturated carbocycles. The van der Waals surface area contributed by atoms with Crippen LogP contribution in [0.25, 0.3) is 0 Å². The molecule has 0 fully saturated rings. The summed E-state index contributed by atoms with van der Waals surface area (Å²) in [7, 11) is 1.29. The SMILES string of the molecule is COC(=O)c1ccccc1NC(=S)NC(=O)[C@H](C)Oc1ccccc1. The third-order valence-corrected chi connectivity index (χ3v) is 3.45. The van der Waals surface area contributed by atoms with Crippen molar-refractivity contribution in [2.45, 2.75) is 13.0 Å². The predicted molar refractivity (Wildman–Crippen MR) is 98.7 cm³/mol. The number of hydrogen-bond acceptors (Lipinski definition) is 5. The standard InChI is InChI=1S/C18H18N2O4S/c1-12(24-13-8-4-3-5-9-13)16(21)20-18(25)19-15-11-7-6-10-14(15)17(22)23-2/h3-12H,1-2H3,(H2,19,20,21,25)/t12-/m0/s1. The Kier molecular flexibility index (Phi) is 6.47. The van der Waals surface area contributed by atoms with E-state index in [1.165, 1.54) is 7.11 Å². The molecule has 0 heterocycles. The van der Waals surface area contributed by atoms with E-state index in [4.69, 9.17) is 21.7 Å². The average Bonchev–Trinajstić information content (AvgIpc) is 2.62. The van der Waals surface area contributed by atoms with Crippen molar-refractivity contribution in [3.8, 4) is 5.75 Å². The molecular weight excluding hydrogens is 340 g/mol. The van der Waals surface area contributed by atoms with Crippen LogP contribution in [0, 0.1) is 0 Å². The molecule has 0 aliphatic heterocycles. The molecule has 2 rings (SSSR count). The molecular formula is C18H18N2O4S. The molecule has 1 atom stereocenters. The molecule has 0 aliphatic carbocycles. The largest absolute Gasteiger partial charge is 0.481 e. The van der Waals surface area contributed by atoms with Gasteiger partial charge < -0.3 is 14.8 Å². The number of rotatable bonds is 5. The number of amides is 1. The Morgan fingerprint density at radius 2 is 1.68 bits per heavy atom. The van der Waals surface area contributed by atoms with Crippen LogP contribution in [0.2, 0.25) is 0 Å². The molecule has 2 aromatic carbocycles. The first-order valence-corrected chi connectivity index (χ1v) is 7.93. The number of thiocarbonyl (C=S) groups is 1. The summed E-state index contributed by atoms with van der Waals surface area (Å²) in [5, 5.41) is 5.42. The van der Waals surface area contributed by atoms with Crippen LogP contribution in [0.3, 0.4) is 0 Å². The minimum Gasteiger partial charge on any atom is -0.481 e. The van der Waals surface area contributed by atoms with Gasteiger partial charge in [0, 0.05) is 0 Å². The molecule has 130 valence electrons. The second-order valence-corrected chi connectivity index (χ2v) is 5.46. The summed E-state index contributed by atoms with van der Waals surface area (Å²) >= 11 is 5.13. The molecule has 0 saturated heterocycles. The second-order valence-electron chi connectivity index (χ2n) is 5.05. The summed E-state index contributed by atoms with van der Waals surface area (Å²) in [4.78, 5) is 23.9. The molecule has 0 radical (unpaired) electrons. The van der Waals surface area contributed by atoms with Gasteiger partial charge in [0.2, 0.25) is 0 Å². The van der Waals surface area contributed by atoms with Crippen LogP contribution in [-0.4, -0.2) is 30.2 Å². The van der Waals surface area contributed by atoms with E-state index < -0.39 is 18.0 Å². The Morgan fingerprint density at radius 3 is 2.36 bits per heavy atom. The highest BCUT2D eigenvalue weighted by Crippen LogP contribution is 2.16. The van der Waals surface area contributed by atoms with Crippen molar-refractivity contribution in [1.29, 1.82) is 0 Å². The average molecular weight is 358 g/mol. The van der Waals surface area contributed by atoms with E-state index in [0.717, 1.165) is 0 Å². The zero-order valence-corrected chi connectivity index (χ0v) is 14.6. The minimum absolute atomic E-state index is 0.0601. The molecule has 0 unspecified atom stereocenters. The Morgan fingerprint density at radius 1 is 1.04 bits per heavy atom. The summed E-state index contributed by atoms with van der Waals surface area (Å²) in [5.41, 5.74) is 0.756. The van der Waals surface area contributed by atoms with Gasteiger partial charge in [-0.15, -0.1) is 0 Å². The normalized spacial score (nSPS) is 11.1. The van der Waals surface area contributed by atoms with Gasteiger partial charge in [-0.3, -0.25) is 10.1 Å². The number of carbonyl (C=O) groups is 2. The molecule has 1 amide bonds. The van der Waals surface area contributed by atoms with E-state index in [1.807, 2.05) is 18.2 Å². The monoisotopic (exact) mass is 358 g/mol. The van der Waals surface area contributed by atoms with Crippen molar-refractivity contribution < 1.29 is 19.1 Å². The molecule has 0 aromatic heterocycles. The minimum atomic E-state index is -0.738. The number of benzene rings is 2. The van der Waals surface area contributed by atoms with Crippen LogP contribution >= 0.6 is 12.2 Å². The van der Waals surface area contributed by atoms with Gasteiger partial charge in [0.05, 0.1) is 18.4 Å². The fourth-order valence-electron chi connectivity index (χ4n) is 2.00. The van der Waals surface area contributed by atoms with Crippen molar-refractivity contribution in [3.05, 3.63) is 60.2 Å². The first kappa shape index (κ1) is 18.4. The van der Waals surface area contributed by atoms with Crippen LogP contribution in [0.5, 0.6) is 5.75 Å². The second kappa shape index (κ2) is 8.79. The van der Waals surface area contributed by atoms with Crippen LogP contribution in [-0.2, 0) is 9.53 Å². The Hall–Kier alpha value is -2.93. The fraction of sp³-hybridized carbons (Fsp3) is 0.167. The number of carbonyl (C=O) groups excluding carboxylic acids is 2. The zero-order valence-electron chi connectivity index (χ0n) is 13.8. The maximum absolute atomic E-state index is 12.2. The lowest BCUT2D eigenvalue weighted by atomic mass is 10.2. The summed E-state index contributed by atoms with van der Waals surface area (Å²) in [6.07, 6.45) is -0.738. The van der Waals surface area contributed by atoms with Crippen LogP contribution in [0.15, 0.2) is 54.6 Å². The highest BCUT2D eigenvalue weighted by atomic mass is 32.1. The van der Waals surface area contributed by atoms with Crippen LogP contribution in [0.4, 0.5) is 5.69 Å². The highest BCUT2D eigenvalue weighted by Gasteiger charge is 2.17. The fourth-order valence-corrected chi connectivity index (χ4v) is 2.21. The number of ether oxygens (including phenoxy) is 2. The molecule has 6 nitrogen and oxygen atoms in total. The number of hydrogen-bond donors (Lipinski definition) is 2. The third-order valence-electron chi connectivity index (χ3n) is 3.24. The lowest BCUT2D eigenvalue weighted by Gasteiger charge is -2.16. The van der Waals surface area contributed by atoms with E-state index in [1.54, 1.807) is 43.3 Å². The molecule has 0 aliphatic rings. The van der Waals surface area contributed by atoms with Gasteiger partial charge in [0.1, 0.15) is 5.75 Å². The smallest absolute Gasteiger partial charge is 0.339 e. The molecule has 2 N–H and O–H groups in total. The topological polar surface area (TPSA) is 76.7 Å². The first-order valence-electron chi connectivity index (χ1n) is 7.52. The van der Waals surface area contributed by atoms with Gasteiger partial charge in [-0.05, 0) is 43.4 Å². The molecule has 7 heteroatoms. The summed E-state index contributed by atoms with van der Waals surface area (Å²) in [6, 6.07) is 15.7. The number of methoxy groups -OCH3 is 1. The molecule has 0 spiro atoms. The van der Waals surface area contributed by atoms with E-state index in [-0.39, 0.29) is 5.11 Å². The lowest BCUT2D eigenvalue weighted by Crippen LogP contribution is -2.42. The number of anilines is 1. The summed E-state index contributed by atoms with van der Waals surface area (Å²) in [5.74, 6) is -0.324. The van der Waals surface area contributed by atoms with E-state index >= 15 is 0 Å². The van der Waals surface area contributed by atoms with Gasteiger partial charge in [-0.2, -0.15) is 0 Å². The molecule has 2 aromatic rings. The van der Waals surface area contributed by atoms with Crippen LogP contribution < -0.4 is 15.4 Å². The quantitative estimate of drug-likeness (QED) is 0.632. The number of para-hydroxylation sites is 2. The Balaban J connectivity index is 1.96. The van der Waals surface area contributed by atoms with Crippen molar-refractivity contribution in [2.24, 2.45) is 0 Å². The van der Waals surface area contributed by atoms with E-state index in [0.29, 0.717) is 17.0 Å². The zero-order chi connectivity index (χ0) is 18.2. The Labute approximate surface area is 151 Å². The van der Waals surface area contributed by atoms with Crippen molar-refractivity contribution in [2.75, 3.05) is 12.4 Å². The van der Waals surface area contributed by atoms with Gasteiger partial charge in [-0.1, -0.05) is 30.3 Å². The number of nitrogens with one attached hydrogen (secondary N) is 2. The van der Waals surface area contributed by atoms with Gasteiger partial charge in [0.25, 0.3) is 5.91 Å². The summed E-state index contributed by atoms with van der Waals surface area (Å²) < 4.78 is 10.2. The van der Waals surface area contributed by atoms with E-state index in [2.05, 4.69) is 10.6 Å². The first-order chi connectivity index (χ1) is 12.0. The molecule has 25 heavy (non-hydrogen) atoms.